The molecule has 0 aliphatic heterocycles. The van der Waals surface area contributed by atoms with E-state index in [-0.39, 0.29) is 0 Å². The topological polar surface area (TPSA) is 26.0 Å². The van der Waals surface area contributed by atoms with E-state index >= 15 is 0 Å². The second-order valence-corrected chi connectivity index (χ2v) is 4.62. The van der Waals surface area contributed by atoms with Gasteiger partial charge < -0.3 is 5.73 Å². The molecule has 1 heterocycles. The summed E-state index contributed by atoms with van der Waals surface area (Å²) >= 11 is 7.75. The summed E-state index contributed by atoms with van der Waals surface area (Å²) in [6.07, 6.45) is 1.03. The Bertz CT molecular complexity index is 462. The van der Waals surface area contributed by atoms with E-state index in [1.165, 1.54) is 15.1 Å². The second-order valence-electron chi connectivity index (χ2n) is 3.21. The van der Waals surface area contributed by atoms with Crippen LogP contribution in [0.4, 0.5) is 5.69 Å². The Hall–Kier alpha value is -0.730. The minimum atomic E-state index is 0.553. The predicted octanol–water partition coefficient (Wildman–Crippen LogP) is 3.78. The van der Waals surface area contributed by atoms with Crippen LogP contribution < -0.4 is 5.73 Å². The summed E-state index contributed by atoms with van der Waals surface area (Å²) in [7, 11) is 0. The number of halogens is 1. The maximum atomic E-state index is 5.95. The number of rotatable bonds is 2. The number of nitrogen functional groups attached to an aromatic ring is 1. The molecule has 0 atom stereocenters. The zero-order chi connectivity index (χ0) is 10.1. The molecule has 2 rings (SSSR count). The van der Waals surface area contributed by atoms with Crippen LogP contribution in [-0.4, -0.2) is 0 Å². The van der Waals surface area contributed by atoms with E-state index in [0.717, 1.165) is 17.5 Å². The van der Waals surface area contributed by atoms with Gasteiger partial charge in [0.25, 0.3) is 0 Å². The Morgan fingerprint density at radius 3 is 2.86 bits per heavy atom. The lowest BCUT2D eigenvalue weighted by atomic mass is 10.1. The molecule has 0 aliphatic rings. The van der Waals surface area contributed by atoms with Crippen molar-refractivity contribution in [3.8, 4) is 0 Å². The van der Waals surface area contributed by atoms with Crippen LogP contribution in [0.1, 0.15) is 17.4 Å². The SMILES string of the molecule is CCc1sc2cccc(N)c2c1CCl. The fourth-order valence-corrected chi connectivity index (χ4v) is 3.29. The van der Waals surface area contributed by atoms with Crippen LogP contribution in [0.25, 0.3) is 10.1 Å². The van der Waals surface area contributed by atoms with Crippen molar-refractivity contribution in [1.82, 2.24) is 0 Å². The van der Waals surface area contributed by atoms with Crippen molar-refractivity contribution in [3.05, 3.63) is 28.6 Å². The van der Waals surface area contributed by atoms with E-state index < -0.39 is 0 Å². The van der Waals surface area contributed by atoms with Gasteiger partial charge in [-0.15, -0.1) is 22.9 Å². The van der Waals surface area contributed by atoms with Gasteiger partial charge in [-0.05, 0) is 24.1 Å². The Kier molecular flexibility index (Phi) is 2.66. The van der Waals surface area contributed by atoms with Crippen LogP contribution in [0.5, 0.6) is 0 Å². The average molecular weight is 226 g/mol. The fourth-order valence-electron chi connectivity index (χ4n) is 1.72. The molecule has 0 saturated carbocycles. The number of thiophene rings is 1. The van der Waals surface area contributed by atoms with Gasteiger partial charge in [-0.3, -0.25) is 0 Å². The molecule has 14 heavy (non-hydrogen) atoms. The van der Waals surface area contributed by atoms with Gasteiger partial charge in [-0.25, -0.2) is 0 Å². The van der Waals surface area contributed by atoms with Crippen molar-refractivity contribution in [2.75, 3.05) is 5.73 Å². The zero-order valence-electron chi connectivity index (χ0n) is 8.01. The third kappa shape index (κ3) is 1.39. The quantitative estimate of drug-likeness (QED) is 0.611. The van der Waals surface area contributed by atoms with Gasteiger partial charge in [0.05, 0.1) is 0 Å². The highest BCUT2D eigenvalue weighted by atomic mass is 35.5. The molecule has 1 aromatic carbocycles. The highest BCUT2D eigenvalue weighted by Crippen LogP contribution is 2.36. The van der Waals surface area contributed by atoms with Crippen LogP contribution in [0.15, 0.2) is 18.2 Å². The van der Waals surface area contributed by atoms with Crippen LogP contribution in [-0.2, 0) is 12.3 Å². The van der Waals surface area contributed by atoms with E-state index in [4.69, 9.17) is 17.3 Å². The van der Waals surface area contributed by atoms with E-state index in [9.17, 15) is 0 Å². The second kappa shape index (κ2) is 3.79. The minimum absolute atomic E-state index is 0.553. The standard InChI is InChI=1S/C11H12ClNS/c1-2-9-7(6-12)11-8(13)4-3-5-10(11)14-9/h3-5H,2,6,13H2,1H3. The Morgan fingerprint density at radius 1 is 1.43 bits per heavy atom. The normalized spacial score (nSPS) is 11.0. The summed E-state index contributed by atoms with van der Waals surface area (Å²) < 4.78 is 1.25. The molecule has 2 N–H and O–H groups in total. The molecule has 0 fully saturated rings. The lowest BCUT2D eigenvalue weighted by molar-refractivity contribution is 1.16. The van der Waals surface area contributed by atoms with Gasteiger partial charge in [0.15, 0.2) is 0 Å². The van der Waals surface area contributed by atoms with Crippen LogP contribution in [0, 0.1) is 0 Å². The molecule has 3 heteroatoms. The highest BCUT2D eigenvalue weighted by molar-refractivity contribution is 7.19. The molecule has 0 saturated heterocycles. The summed E-state index contributed by atoms with van der Waals surface area (Å²) in [6, 6.07) is 6.03. The van der Waals surface area contributed by atoms with Gasteiger partial charge in [0, 0.05) is 26.5 Å². The maximum Gasteiger partial charge on any atom is 0.0492 e. The first-order valence-corrected chi connectivity index (χ1v) is 5.97. The monoisotopic (exact) mass is 225 g/mol. The molecule has 2 aromatic rings. The van der Waals surface area contributed by atoms with Crippen molar-refractivity contribution < 1.29 is 0 Å². The van der Waals surface area contributed by atoms with Crippen molar-refractivity contribution in [2.45, 2.75) is 19.2 Å². The van der Waals surface area contributed by atoms with Crippen LogP contribution in [0.2, 0.25) is 0 Å². The molecule has 1 aromatic heterocycles. The molecule has 74 valence electrons. The number of nitrogens with two attached hydrogens (primary N) is 1. The number of benzene rings is 1. The number of alkyl halides is 1. The number of hydrogen-bond acceptors (Lipinski definition) is 2. The molecule has 1 nitrogen and oxygen atoms in total. The molecule has 0 amide bonds. The fraction of sp³-hybridized carbons (Fsp3) is 0.273. The lowest BCUT2D eigenvalue weighted by Gasteiger charge is -1.99. The third-order valence-electron chi connectivity index (χ3n) is 2.38. The first-order valence-electron chi connectivity index (χ1n) is 4.62. The van der Waals surface area contributed by atoms with Crippen molar-refractivity contribution >= 4 is 38.7 Å². The molecule has 0 radical (unpaired) electrons. The van der Waals surface area contributed by atoms with Crippen molar-refractivity contribution in [3.63, 3.8) is 0 Å². The van der Waals surface area contributed by atoms with Gasteiger partial charge in [0.1, 0.15) is 0 Å². The summed E-state index contributed by atoms with van der Waals surface area (Å²) in [5.41, 5.74) is 8.01. The zero-order valence-corrected chi connectivity index (χ0v) is 9.58. The van der Waals surface area contributed by atoms with Gasteiger partial charge in [0.2, 0.25) is 0 Å². The summed E-state index contributed by atoms with van der Waals surface area (Å²) in [5, 5.41) is 1.16. The Balaban J connectivity index is 2.81. The molecule has 0 spiro atoms. The highest BCUT2D eigenvalue weighted by Gasteiger charge is 2.11. The predicted molar refractivity (Wildman–Crippen MR) is 65.2 cm³/mol. The molecular weight excluding hydrogens is 214 g/mol. The van der Waals surface area contributed by atoms with Gasteiger partial charge in [-0.2, -0.15) is 0 Å². The summed E-state index contributed by atoms with van der Waals surface area (Å²) in [5.74, 6) is 0.553. The Labute approximate surface area is 92.5 Å². The molecule has 0 unspecified atom stereocenters. The van der Waals surface area contributed by atoms with E-state index in [2.05, 4.69) is 13.0 Å². The minimum Gasteiger partial charge on any atom is -0.398 e. The number of anilines is 1. The average Bonchev–Trinajstić information content (AvgIpc) is 2.56. The molecule has 0 bridgehead atoms. The maximum absolute atomic E-state index is 5.95. The molecule has 0 aliphatic carbocycles. The van der Waals surface area contributed by atoms with Crippen LogP contribution >= 0.6 is 22.9 Å². The smallest absolute Gasteiger partial charge is 0.0492 e. The van der Waals surface area contributed by atoms with Crippen LogP contribution in [0.3, 0.4) is 0 Å². The van der Waals surface area contributed by atoms with Crippen molar-refractivity contribution in [1.29, 1.82) is 0 Å². The lowest BCUT2D eigenvalue weighted by Crippen LogP contribution is -1.88. The number of hydrogen-bond donors (Lipinski definition) is 1. The van der Waals surface area contributed by atoms with Gasteiger partial charge in [-0.1, -0.05) is 13.0 Å². The number of fused-ring (bicyclic) bond motifs is 1. The first kappa shape index (κ1) is 9.81. The van der Waals surface area contributed by atoms with E-state index in [1.807, 2.05) is 12.1 Å². The number of aryl methyl sites for hydroxylation is 1. The molecular formula is C11H12ClNS. The third-order valence-corrected chi connectivity index (χ3v) is 3.99. The van der Waals surface area contributed by atoms with E-state index in [0.29, 0.717) is 5.88 Å². The summed E-state index contributed by atoms with van der Waals surface area (Å²) in [4.78, 5) is 1.35. The van der Waals surface area contributed by atoms with Crippen molar-refractivity contribution in [2.24, 2.45) is 0 Å². The summed E-state index contributed by atoms with van der Waals surface area (Å²) in [6.45, 7) is 2.15. The van der Waals surface area contributed by atoms with Gasteiger partial charge >= 0.3 is 0 Å². The first-order chi connectivity index (χ1) is 6.77. The van der Waals surface area contributed by atoms with E-state index in [1.54, 1.807) is 11.3 Å². The Morgan fingerprint density at radius 2 is 2.21 bits per heavy atom. The largest absolute Gasteiger partial charge is 0.398 e.